The van der Waals surface area contributed by atoms with Gasteiger partial charge in [-0.05, 0) is 66.4 Å². The van der Waals surface area contributed by atoms with E-state index in [0.29, 0.717) is 16.9 Å². The first-order valence-electron chi connectivity index (χ1n) is 10.8. The topological polar surface area (TPSA) is 84.5 Å². The Balaban J connectivity index is 1.57. The van der Waals surface area contributed by atoms with Crippen LogP contribution in [0.5, 0.6) is 0 Å². The molecule has 0 saturated carbocycles. The lowest BCUT2D eigenvalue weighted by Crippen LogP contribution is -2.15. The number of esters is 1. The lowest BCUT2D eigenvalue weighted by atomic mass is 9.96. The molecule has 37 heavy (non-hydrogen) atoms. The fourth-order valence-corrected chi connectivity index (χ4v) is 4.56. The maximum Gasteiger partial charge on any atom is 0.350 e. The molecule has 4 aromatic rings. The molecule has 0 aliphatic heterocycles. The molecule has 0 saturated heterocycles. The van der Waals surface area contributed by atoms with E-state index in [4.69, 9.17) is 16.3 Å². The summed E-state index contributed by atoms with van der Waals surface area (Å²) in [6.07, 6.45) is 0. The SMILES string of the molecule is COC(=O)c1sccc1NC(=O)c1ccc(C)c(C(=O)c2ccc(Nc3ccc(F)cc3F)cc2Cl)c1. The molecule has 0 bridgehead atoms. The second kappa shape index (κ2) is 10.9. The van der Waals surface area contributed by atoms with Crippen LogP contribution in [0.2, 0.25) is 5.02 Å². The van der Waals surface area contributed by atoms with E-state index in [2.05, 4.69) is 10.6 Å². The summed E-state index contributed by atoms with van der Waals surface area (Å²) in [6.45, 7) is 1.73. The second-order valence-corrected chi connectivity index (χ2v) is 9.24. The molecule has 0 spiro atoms. The first-order valence-corrected chi connectivity index (χ1v) is 12.1. The molecule has 0 fully saturated rings. The molecule has 1 aromatic heterocycles. The first kappa shape index (κ1) is 26.0. The number of ether oxygens (including phenoxy) is 1. The molecule has 4 rings (SSSR count). The van der Waals surface area contributed by atoms with Crippen LogP contribution >= 0.6 is 22.9 Å². The third-order valence-electron chi connectivity index (χ3n) is 5.45. The fourth-order valence-electron chi connectivity index (χ4n) is 3.53. The van der Waals surface area contributed by atoms with Crippen molar-refractivity contribution >= 4 is 57.7 Å². The van der Waals surface area contributed by atoms with Crippen molar-refractivity contribution in [3.8, 4) is 0 Å². The molecule has 6 nitrogen and oxygen atoms in total. The van der Waals surface area contributed by atoms with Crippen LogP contribution in [0.15, 0.2) is 66.0 Å². The zero-order valence-electron chi connectivity index (χ0n) is 19.5. The first-order chi connectivity index (χ1) is 17.7. The van der Waals surface area contributed by atoms with E-state index < -0.39 is 29.3 Å². The molecule has 0 unspecified atom stereocenters. The maximum absolute atomic E-state index is 14.0. The van der Waals surface area contributed by atoms with Crippen LogP contribution in [0, 0.1) is 18.6 Å². The lowest BCUT2D eigenvalue weighted by Gasteiger charge is -2.12. The summed E-state index contributed by atoms with van der Waals surface area (Å²) in [5.74, 6) is -2.97. The van der Waals surface area contributed by atoms with E-state index in [1.165, 1.54) is 31.4 Å². The van der Waals surface area contributed by atoms with Gasteiger partial charge < -0.3 is 15.4 Å². The monoisotopic (exact) mass is 540 g/mol. The number of ketones is 1. The van der Waals surface area contributed by atoms with Crippen molar-refractivity contribution in [2.45, 2.75) is 6.92 Å². The van der Waals surface area contributed by atoms with Crippen LogP contribution in [0.1, 0.15) is 41.5 Å². The number of hydrogen-bond donors (Lipinski definition) is 2. The molecule has 0 aliphatic rings. The van der Waals surface area contributed by atoms with E-state index in [-0.39, 0.29) is 32.3 Å². The molecule has 0 radical (unpaired) electrons. The van der Waals surface area contributed by atoms with Crippen molar-refractivity contribution in [2.75, 3.05) is 17.7 Å². The summed E-state index contributed by atoms with van der Waals surface area (Å²) in [5.41, 5.74) is 2.02. The van der Waals surface area contributed by atoms with Gasteiger partial charge in [-0.1, -0.05) is 17.7 Å². The average molecular weight is 541 g/mol. The number of rotatable bonds is 7. The minimum atomic E-state index is -0.775. The van der Waals surface area contributed by atoms with Crippen molar-refractivity contribution in [1.29, 1.82) is 0 Å². The summed E-state index contributed by atoms with van der Waals surface area (Å²) in [4.78, 5) is 38.3. The van der Waals surface area contributed by atoms with E-state index in [1.807, 2.05) is 0 Å². The van der Waals surface area contributed by atoms with Gasteiger partial charge in [-0.25, -0.2) is 13.6 Å². The van der Waals surface area contributed by atoms with Crippen LogP contribution in [0.4, 0.5) is 25.8 Å². The Hall–Kier alpha value is -4.08. The Kier molecular flexibility index (Phi) is 7.66. The van der Waals surface area contributed by atoms with Gasteiger partial charge in [0, 0.05) is 28.4 Å². The molecule has 2 N–H and O–H groups in total. The standard InChI is InChI=1S/C27H19ClF2N2O4S/c1-14-3-4-15(26(34)32-23-9-10-37-25(23)27(35)36-2)11-19(14)24(33)18-7-6-17(13-20(18)28)31-22-8-5-16(29)12-21(22)30/h3-13,31H,1-2H3,(H,32,34). The van der Waals surface area contributed by atoms with E-state index in [1.54, 1.807) is 36.6 Å². The predicted molar refractivity (Wildman–Crippen MR) is 139 cm³/mol. The molecule has 0 aliphatic carbocycles. The fraction of sp³-hybridized carbons (Fsp3) is 0.0741. The number of carbonyl (C=O) groups is 3. The highest BCUT2D eigenvalue weighted by Gasteiger charge is 2.20. The Labute approximate surface area is 219 Å². The van der Waals surface area contributed by atoms with Gasteiger partial charge in [-0.2, -0.15) is 0 Å². The molecule has 1 amide bonds. The number of anilines is 3. The van der Waals surface area contributed by atoms with Gasteiger partial charge in [0.15, 0.2) is 5.78 Å². The number of benzene rings is 3. The van der Waals surface area contributed by atoms with Crippen molar-refractivity contribution in [1.82, 2.24) is 0 Å². The number of halogens is 3. The molecule has 188 valence electrons. The highest BCUT2D eigenvalue weighted by molar-refractivity contribution is 7.12. The molecule has 0 atom stereocenters. The number of thiophene rings is 1. The van der Waals surface area contributed by atoms with Crippen LogP contribution in [0.3, 0.4) is 0 Å². The molecule has 1 heterocycles. The van der Waals surface area contributed by atoms with E-state index in [0.717, 1.165) is 23.5 Å². The van der Waals surface area contributed by atoms with E-state index in [9.17, 15) is 23.2 Å². The number of aryl methyl sites for hydroxylation is 1. The van der Waals surface area contributed by atoms with Gasteiger partial charge in [-0.3, -0.25) is 9.59 Å². The summed E-state index contributed by atoms with van der Waals surface area (Å²) < 4.78 is 31.8. The minimum Gasteiger partial charge on any atom is -0.465 e. The quantitative estimate of drug-likeness (QED) is 0.195. The van der Waals surface area contributed by atoms with Crippen molar-refractivity contribution < 1.29 is 27.9 Å². The Bertz CT molecular complexity index is 1540. The molecule has 3 aromatic carbocycles. The zero-order chi connectivity index (χ0) is 26.7. The van der Waals surface area contributed by atoms with Gasteiger partial charge in [-0.15, -0.1) is 11.3 Å². The Morgan fingerprint density at radius 1 is 0.919 bits per heavy atom. The van der Waals surface area contributed by atoms with Crippen molar-refractivity contribution in [3.63, 3.8) is 0 Å². The number of amides is 1. The molecular formula is C27H19ClF2N2O4S. The van der Waals surface area contributed by atoms with Gasteiger partial charge in [0.2, 0.25) is 0 Å². The van der Waals surface area contributed by atoms with Crippen LogP contribution in [-0.2, 0) is 4.74 Å². The number of hydrogen-bond acceptors (Lipinski definition) is 6. The van der Waals surface area contributed by atoms with Crippen molar-refractivity contribution in [2.24, 2.45) is 0 Å². The van der Waals surface area contributed by atoms with Gasteiger partial charge in [0.1, 0.15) is 16.5 Å². The maximum atomic E-state index is 14.0. The molecular weight excluding hydrogens is 522 g/mol. The summed E-state index contributed by atoms with van der Waals surface area (Å²) in [5, 5.41) is 7.22. The summed E-state index contributed by atoms with van der Waals surface area (Å²) in [7, 11) is 1.25. The smallest absolute Gasteiger partial charge is 0.350 e. The zero-order valence-corrected chi connectivity index (χ0v) is 21.1. The Morgan fingerprint density at radius 3 is 2.41 bits per heavy atom. The lowest BCUT2D eigenvalue weighted by molar-refractivity contribution is 0.0607. The minimum absolute atomic E-state index is 0.0482. The number of methoxy groups -OCH3 is 1. The number of carbonyl (C=O) groups excluding carboxylic acids is 3. The highest BCUT2D eigenvalue weighted by atomic mass is 35.5. The predicted octanol–water partition coefficient (Wildman–Crippen LogP) is 7.00. The van der Waals surface area contributed by atoms with Crippen LogP contribution in [-0.4, -0.2) is 24.8 Å². The van der Waals surface area contributed by atoms with Gasteiger partial charge in [0.25, 0.3) is 5.91 Å². The largest absolute Gasteiger partial charge is 0.465 e. The highest BCUT2D eigenvalue weighted by Crippen LogP contribution is 2.29. The van der Waals surface area contributed by atoms with Crippen molar-refractivity contribution in [3.05, 3.63) is 110 Å². The second-order valence-electron chi connectivity index (χ2n) is 7.91. The van der Waals surface area contributed by atoms with Crippen LogP contribution in [0.25, 0.3) is 0 Å². The average Bonchev–Trinajstić information content (AvgIpc) is 3.33. The Morgan fingerprint density at radius 2 is 1.70 bits per heavy atom. The summed E-state index contributed by atoms with van der Waals surface area (Å²) in [6, 6.07) is 13.8. The number of nitrogens with one attached hydrogen (secondary N) is 2. The van der Waals surface area contributed by atoms with Gasteiger partial charge >= 0.3 is 5.97 Å². The normalized spacial score (nSPS) is 10.6. The molecule has 10 heteroatoms. The third-order valence-corrected chi connectivity index (χ3v) is 6.66. The van der Waals surface area contributed by atoms with Crippen LogP contribution < -0.4 is 10.6 Å². The van der Waals surface area contributed by atoms with Gasteiger partial charge in [0.05, 0.1) is 23.5 Å². The third kappa shape index (κ3) is 5.68. The van der Waals surface area contributed by atoms with E-state index >= 15 is 0 Å². The summed E-state index contributed by atoms with van der Waals surface area (Å²) >= 11 is 7.51.